The quantitative estimate of drug-likeness (QED) is 0.198. The highest BCUT2D eigenvalue weighted by molar-refractivity contribution is 5.76. The summed E-state index contributed by atoms with van der Waals surface area (Å²) in [5.74, 6) is -0.109. The monoisotopic (exact) mass is 660 g/mol. The summed E-state index contributed by atoms with van der Waals surface area (Å²) in [4.78, 5) is 25.6. The third-order valence-corrected chi connectivity index (χ3v) is 14.8. The van der Waals surface area contributed by atoms with Gasteiger partial charge in [0.15, 0.2) is 6.10 Å². The Hall–Kier alpha value is -1.52. The molecule has 266 valence electrons. The lowest BCUT2D eigenvalue weighted by Gasteiger charge is -2.68. The molecule has 1 heterocycles. The molecule has 6 rings (SSSR count). The van der Waals surface area contributed by atoms with E-state index < -0.39 is 53.5 Å². The van der Waals surface area contributed by atoms with Gasteiger partial charge in [-0.25, -0.2) is 4.79 Å². The lowest BCUT2D eigenvalue weighted by molar-refractivity contribution is -0.246. The number of aliphatic hydroxyl groups excluding tert-OH is 3. The van der Waals surface area contributed by atoms with Crippen LogP contribution >= 0.6 is 0 Å². The van der Waals surface area contributed by atoms with Crippen LogP contribution in [0.25, 0.3) is 0 Å². The van der Waals surface area contributed by atoms with Gasteiger partial charge in [-0.3, -0.25) is 4.79 Å². The second kappa shape index (κ2) is 12.4. The van der Waals surface area contributed by atoms with Crippen molar-refractivity contribution in [3.8, 4) is 0 Å². The van der Waals surface area contributed by atoms with E-state index >= 15 is 0 Å². The molecule has 5 fully saturated rings. The highest BCUT2D eigenvalue weighted by atomic mass is 16.6. The van der Waals surface area contributed by atoms with Crippen molar-refractivity contribution in [1.82, 2.24) is 0 Å². The number of ether oxygens (including phenoxy) is 2. The molecule has 0 radical (unpaired) electrons. The van der Waals surface area contributed by atoms with Crippen LogP contribution < -0.4 is 0 Å². The number of allylic oxidation sites excluding steroid dienone is 2. The molecule has 47 heavy (non-hydrogen) atoms. The van der Waals surface area contributed by atoms with E-state index in [1.165, 1.54) is 5.57 Å². The molecule has 9 heteroatoms. The second-order valence-corrected chi connectivity index (χ2v) is 17.9. The lowest BCUT2D eigenvalue weighted by atomic mass is 9.37. The van der Waals surface area contributed by atoms with Gasteiger partial charge in [0.1, 0.15) is 18.3 Å². The average molecular weight is 661 g/mol. The summed E-state index contributed by atoms with van der Waals surface area (Å²) in [5, 5.41) is 55.1. The number of hydrogen-bond donors (Lipinski definition) is 5. The minimum Gasteiger partial charge on any atom is -0.481 e. The van der Waals surface area contributed by atoms with Gasteiger partial charge in [-0.2, -0.15) is 0 Å². The van der Waals surface area contributed by atoms with Crippen LogP contribution in [0, 0.1) is 57.7 Å². The number of carboxylic acids is 1. The average Bonchev–Trinajstić information content (AvgIpc) is 3.00. The fraction of sp³-hybridized carbons (Fsp3) is 0.895. The summed E-state index contributed by atoms with van der Waals surface area (Å²) in [7, 11) is 0. The number of carbonyl (C=O) groups excluding carboxylic acids is 1. The molecule has 15 atom stereocenters. The molecule has 0 aromatic rings. The first-order valence-electron chi connectivity index (χ1n) is 18.5. The first-order valence-corrected chi connectivity index (χ1v) is 18.5. The van der Waals surface area contributed by atoms with Gasteiger partial charge >= 0.3 is 11.9 Å². The summed E-state index contributed by atoms with van der Waals surface area (Å²) >= 11 is 0. The van der Waals surface area contributed by atoms with Crippen LogP contribution in [0.3, 0.4) is 0 Å². The predicted molar refractivity (Wildman–Crippen MR) is 175 cm³/mol. The number of hydrogen-bond acceptors (Lipinski definition) is 8. The zero-order chi connectivity index (χ0) is 34.3. The summed E-state index contributed by atoms with van der Waals surface area (Å²) in [6.45, 7) is 13.0. The van der Waals surface area contributed by atoms with Crippen molar-refractivity contribution in [3.63, 3.8) is 0 Å². The van der Waals surface area contributed by atoms with Gasteiger partial charge in [0.05, 0.1) is 23.7 Å². The molecule has 0 bridgehead atoms. The largest absolute Gasteiger partial charge is 0.481 e. The molecule has 14 unspecified atom stereocenters. The summed E-state index contributed by atoms with van der Waals surface area (Å²) in [6, 6.07) is 0. The first kappa shape index (κ1) is 35.3. The number of esters is 1. The number of carboxylic acid groups (broad SMARTS) is 1. The van der Waals surface area contributed by atoms with Gasteiger partial charge in [-0.05, 0) is 130 Å². The Morgan fingerprint density at radius 3 is 2.28 bits per heavy atom. The molecule has 1 aliphatic heterocycles. The van der Waals surface area contributed by atoms with E-state index in [2.05, 4.69) is 26.8 Å². The minimum atomic E-state index is -1.60. The van der Waals surface area contributed by atoms with Gasteiger partial charge in [0, 0.05) is 0 Å². The van der Waals surface area contributed by atoms with Crippen molar-refractivity contribution in [2.75, 3.05) is 6.61 Å². The molecule has 0 spiro atoms. The van der Waals surface area contributed by atoms with Gasteiger partial charge in [-0.15, -0.1) is 0 Å². The Morgan fingerprint density at radius 2 is 1.60 bits per heavy atom. The Morgan fingerprint density at radius 1 is 0.915 bits per heavy atom. The van der Waals surface area contributed by atoms with Gasteiger partial charge in [-0.1, -0.05) is 46.3 Å². The van der Waals surface area contributed by atoms with Crippen LogP contribution in [0.4, 0.5) is 0 Å². The molecule has 1 saturated heterocycles. The van der Waals surface area contributed by atoms with Crippen molar-refractivity contribution in [2.45, 2.75) is 148 Å². The maximum Gasteiger partial charge on any atom is 0.338 e. The summed E-state index contributed by atoms with van der Waals surface area (Å²) in [6.07, 6.45) is 4.54. The first-order chi connectivity index (χ1) is 22.0. The SMILES string of the molecule is CC(C)COC(=O)C1OC(CC2CCC3(C)C4CC=C5C6CC(C)CCC6(C(=O)O)CCC5C4(C)CCC3[C@]2(C)O)C(O)C(O)C1O. The fourth-order valence-electron chi connectivity index (χ4n) is 12.2. The molecule has 4 saturated carbocycles. The Labute approximate surface area is 280 Å². The summed E-state index contributed by atoms with van der Waals surface area (Å²) in [5.41, 5.74) is -0.366. The number of carbonyl (C=O) groups is 2. The van der Waals surface area contributed by atoms with Crippen molar-refractivity contribution in [3.05, 3.63) is 11.6 Å². The third-order valence-electron chi connectivity index (χ3n) is 14.8. The zero-order valence-electron chi connectivity index (χ0n) is 29.4. The maximum atomic E-state index is 12.8. The van der Waals surface area contributed by atoms with Crippen LogP contribution in [0.1, 0.15) is 112 Å². The van der Waals surface area contributed by atoms with Crippen LogP contribution in [-0.4, -0.2) is 80.2 Å². The van der Waals surface area contributed by atoms with E-state index in [1.54, 1.807) is 0 Å². The normalized spacial score (nSPS) is 51.1. The molecule has 6 aliphatic rings. The molecular weight excluding hydrogens is 600 g/mol. The van der Waals surface area contributed by atoms with Gasteiger partial charge in [0.2, 0.25) is 0 Å². The molecule has 5 aliphatic carbocycles. The predicted octanol–water partition coefficient (Wildman–Crippen LogP) is 4.87. The van der Waals surface area contributed by atoms with Crippen LogP contribution in [0.5, 0.6) is 0 Å². The van der Waals surface area contributed by atoms with Crippen molar-refractivity contribution < 1.29 is 44.6 Å². The lowest BCUT2D eigenvalue weighted by Crippen LogP contribution is -2.65. The van der Waals surface area contributed by atoms with Crippen molar-refractivity contribution >= 4 is 11.9 Å². The molecule has 0 amide bonds. The molecule has 9 nitrogen and oxygen atoms in total. The Kier molecular flexibility index (Phi) is 9.29. The molecule has 0 aromatic carbocycles. The van der Waals surface area contributed by atoms with Gasteiger partial charge < -0.3 is 35.0 Å². The number of rotatable bonds is 6. The highest BCUT2D eigenvalue weighted by Gasteiger charge is 2.66. The minimum absolute atomic E-state index is 0.0150. The van der Waals surface area contributed by atoms with Crippen molar-refractivity contribution in [1.29, 1.82) is 0 Å². The third kappa shape index (κ3) is 5.53. The maximum absolute atomic E-state index is 12.8. The summed E-state index contributed by atoms with van der Waals surface area (Å²) < 4.78 is 11.3. The van der Waals surface area contributed by atoms with Crippen LogP contribution in [0.15, 0.2) is 11.6 Å². The van der Waals surface area contributed by atoms with Gasteiger partial charge in [0.25, 0.3) is 0 Å². The Bertz CT molecular complexity index is 1250. The topological polar surface area (TPSA) is 154 Å². The van der Waals surface area contributed by atoms with E-state index in [4.69, 9.17) is 9.47 Å². The smallest absolute Gasteiger partial charge is 0.338 e. The fourth-order valence-corrected chi connectivity index (χ4v) is 12.2. The van der Waals surface area contributed by atoms with E-state index in [0.717, 1.165) is 57.8 Å². The molecular formula is C38H60O9. The van der Waals surface area contributed by atoms with E-state index in [0.29, 0.717) is 24.2 Å². The highest BCUT2D eigenvalue weighted by Crippen LogP contribution is 2.71. The number of aliphatic carboxylic acids is 1. The van der Waals surface area contributed by atoms with E-state index in [1.807, 2.05) is 20.8 Å². The van der Waals surface area contributed by atoms with E-state index in [-0.39, 0.29) is 47.5 Å². The van der Waals surface area contributed by atoms with Crippen LogP contribution in [0.2, 0.25) is 0 Å². The number of fused-ring (bicyclic) bond motifs is 7. The molecule has 5 N–H and O–H groups in total. The molecule has 0 aromatic heterocycles. The second-order valence-electron chi connectivity index (χ2n) is 17.9. The van der Waals surface area contributed by atoms with E-state index in [9.17, 15) is 35.1 Å². The number of aliphatic hydroxyl groups is 4. The Balaban J connectivity index is 1.22. The van der Waals surface area contributed by atoms with Crippen molar-refractivity contribution in [2.24, 2.45) is 57.7 Å². The standard InChI is InChI=1S/C38H60O9/c1-20(2)19-46-33(42)32-31(41)30(40)29(39)26(47-32)18-22-10-13-36(5)27-8-7-23-24(35(27,4)14-12-28(36)37(22,6)45)11-16-38(34(43)44)15-9-21(3)17-25(23)38/h7,20-22,24-32,39-41,45H,8-19H2,1-6H3,(H,43,44)/t21?,22?,24?,25?,26?,27?,28?,29?,30?,31?,32?,35?,36?,37-,38?/m1/s1. The van der Waals surface area contributed by atoms with Crippen LogP contribution in [-0.2, 0) is 19.1 Å². The zero-order valence-corrected chi connectivity index (χ0v) is 29.4.